The van der Waals surface area contributed by atoms with E-state index < -0.39 is 0 Å². The Labute approximate surface area is 106 Å². The zero-order valence-electron chi connectivity index (χ0n) is 8.59. The second-order valence-corrected chi connectivity index (χ2v) is 5.18. The maximum absolute atomic E-state index is 5.49. The summed E-state index contributed by atoms with van der Waals surface area (Å²) in [7, 11) is 0. The highest BCUT2D eigenvalue weighted by molar-refractivity contribution is 9.11. The lowest BCUT2D eigenvalue weighted by molar-refractivity contribution is 0.632. The van der Waals surface area contributed by atoms with Crippen LogP contribution < -0.4 is 11.3 Å². The fraction of sp³-hybridized carbons (Fsp3) is 0.300. The molecule has 1 heterocycles. The first kappa shape index (κ1) is 12.8. The van der Waals surface area contributed by atoms with Crippen molar-refractivity contribution >= 4 is 31.9 Å². The predicted octanol–water partition coefficient (Wildman–Crippen LogP) is 3.08. The van der Waals surface area contributed by atoms with Crippen molar-refractivity contribution in [1.82, 2.24) is 10.4 Å². The van der Waals surface area contributed by atoms with Crippen LogP contribution in [0, 0.1) is 0 Å². The van der Waals surface area contributed by atoms with E-state index >= 15 is 0 Å². The minimum atomic E-state index is -0.0718. The number of allylic oxidation sites excluding steroid dienone is 1. The van der Waals surface area contributed by atoms with Gasteiger partial charge in [0.1, 0.15) is 0 Å². The molecule has 1 atom stereocenters. The average Bonchev–Trinajstić information content (AvgIpc) is 2.14. The lowest BCUT2D eigenvalue weighted by Gasteiger charge is -2.13. The van der Waals surface area contributed by atoms with Crippen LogP contribution in [0.4, 0.5) is 0 Å². The monoisotopic (exact) mass is 333 g/mol. The summed E-state index contributed by atoms with van der Waals surface area (Å²) >= 11 is 6.82. The van der Waals surface area contributed by atoms with Gasteiger partial charge in [0.05, 0.1) is 11.7 Å². The van der Waals surface area contributed by atoms with Gasteiger partial charge in [0.25, 0.3) is 0 Å². The molecule has 0 aliphatic carbocycles. The number of hydrogen-bond donors (Lipinski definition) is 2. The van der Waals surface area contributed by atoms with E-state index in [0.29, 0.717) is 0 Å². The first-order valence-corrected chi connectivity index (χ1v) is 6.05. The summed E-state index contributed by atoms with van der Waals surface area (Å²) in [5.41, 5.74) is 4.79. The van der Waals surface area contributed by atoms with Crippen LogP contribution in [0.15, 0.2) is 32.9 Å². The maximum Gasteiger partial charge on any atom is 0.0826 e. The number of nitrogens with two attached hydrogens (primary N) is 1. The number of nitrogens with zero attached hydrogens (tertiary/aromatic N) is 1. The van der Waals surface area contributed by atoms with Crippen LogP contribution >= 0.6 is 31.9 Å². The molecular weight excluding hydrogens is 322 g/mol. The van der Waals surface area contributed by atoms with Gasteiger partial charge in [0.2, 0.25) is 0 Å². The van der Waals surface area contributed by atoms with Crippen LogP contribution in [0.1, 0.15) is 25.6 Å². The van der Waals surface area contributed by atoms with Crippen molar-refractivity contribution in [3.05, 3.63) is 38.6 Å². The highest BCUT2D eigenvalue weighted by Crippen LogP contribution is 2.25. The second-order valence-electron chi connectivity index (χ2n) is 3.41. The number of rotatable bonds is 3. The lowest BCUT2D eigenvalue weighted by atomic mass is 10.1. The molecule has 3 nitrogen and oxygen atoms in total. The first-order chi connectivity index (χ1) is 7.04. The Morgan fingerprint density at radius 3 is 2.67 bits per heavy atom. The number of pyridine rings is 1. The van der Waals surface area contributed by atoms with E-state index in [1.54, 1.807) is 6.20 Å². The number of hydrogen-bond acceptors (Lipinski definition) is 3. The molecule has 0 saturated carbocycles. The molecule has 5 heteroatoms. The van der Waals surface area contributed by atoms with E-state index in [9.17, 15) is 0 Å². The van der Waals surface area contributed by atoms with Gasteiger partial charge >= 0.3 is 0 Å². The average molecular weight is 335 g/mol. The van der Waals surface area contributed by atoms with Crippen LogP contribution in [0.25, 0.3) is 0 Å². The van der Waals surface area contributed by atoms with Gasteiger partial charge in [-0.25, -0.2) is 5.43 Å². The molecule has 82 valence electrons. The molecule has 0 bridgehead atoms. The van der Waals surface area contributed by atoms with Crippen LogP contribution in [-0.2, 0) is 0 Å². The van der Waals surface area contributed by atoms with Crippen molar-refractivity contribution in [2.45, 2.75) is 19.9 Å². The van der Waals surface area contributed by atoms with Crippen LogP contribution in [0.3, 0.4) is 0 Å². The Kier molecular flexibility index (Phi) is 4.92. The zero-order valence-corrected chi connectivity index (χ0v) is 11.8. The highest BCUT2D eigenvalue weighted by Gasteiger charge is 2.12. The largest absolute Gasteiger partial charge is 0.271 e. The molecule has 3 N–H and O–H groups in total. The van der Waals surface area contributed by atoms with Gasteiger partial charge in [0.15, 0.2) is 0 Å². The summed E-state index contributed by atoms with van der Waals surface area (Å²) in [6.45, 7) is 4.05. The molecule has 1 rings (SSSR count). The summed E-state index contributed by atoms with van der Waals surface area (Å²) in [5, 5.41) is 0. The summed E-state index contributed by atoms with van der Waals surface area (Å²) in [4.78, 5) is 4.32. The standard InChI is InChI=1S/C10H13Br2N3/c1-6(2)3-9(15-13)10-8(12)4-7(11)5-14-10/h3-5,9,15H,13H2,1-2H3. The SMILES string of the molecule is CC(C)=CC(NN)c1ncc(Br)cc1Br. The molecule has 15 heavy (non-hydrogen) atoms. The Balaban J connectivity index is 3.07. The Morgan fingerprint density at radius 2 is 2.20 bits per heavy atom. The van der Waals surface area contributed by atoms with Gasteiger partial charge in [0, 0.05) is 15.1 Å². The van der Waals surface area contributed by atoms with E-state index in [1.807, 2.05) is 26.0 Å². The normalized spacial score (nSPS) is 12.3. The van der Waals surface area contributed by atoms with Crippen LogP contribution in [0.5, 0.6) is 0 Å². The van der Waals surface area contributed by atoms with E-state index in [-0.39, 0.29) is 6.04 Å². The van der Waals surface area contributed by atoms with Crippen molar-refractivity contribution in [2.75, 3.05) is 0 Å². The molecule has 1 aromatic rings. The predicted molar refractivity (Wildman–Crippen MR) is 69.1 cm³/mol. The first-order valence-electron chi connectivity index (χ1n) is 4.46. The Bertz CT molecular complexity index is 373. The fourth-order valence-corrected chi connectivity index (χ4v) is 2.43. The van der Waals surface area contributed by atoms with Gasteiger partial charge in [-0.15, -0.1) is 0 Å². The maximum atomic E-state index is 5.49. The number of hydrazine groups is 1. The van der Waals surface area contributed by atoms with E-state index in [2.05, 4.69) is 42.3 Å². The Morgan fingerprint density at radius 1 is 1.53 bits per heavy atom. The lowest BCUT2D eigenvalue weighted by Crippen LogP contribution is -2.27. The van der Waals surface area contributed by atoms with Crippen molar-refractivity contribution in [1.29, 1.82) is 0 Å². The third kappa shape index (κ3) is 3.68. The second kappa shape index (κ2) is 5.75. The van der Waals surface area contributed by atoms with Gasteiger partial charge in [-0.3, -0.25) is 10.8 Å². The van der Waals surface area contributed by atoms with Gasteiger partial charge in [-0.2, -0.15) is 0 Å². The van der Waals surface area contributed by atoms with E-state index in [4.69, 9.17) is 5.84 Å². The molecule has 0 aliphatic rings. The number of halogens is 2. The molecule has 0 aromatic carbocycles. The minimum Gasteiger partial charge on any atom is -0.271 e. The van der Waals surface area contributed by atoms with Crippen molar-refractivity contribution < 1.29 is 0 Å². The van der Waals surface area contributed by atoms with Crippen molar-refractivity contribution in [3.8, 4) is 0 Å². The van der Waals surface area contributed by atoms with Crippen molar-refractivity contribution in [2.24, 2.45) is 5.84 Å². The fourth-order valence-electron chi connectivity index (χ4n) is 1.19. The van der Waals surface area contributed by atoms with Gasteiger partial charge in [-0.1, -0.05) is 11.6 Å². The van der Waals surface area contributed by atoms with E-state index in [0.717, 1.165) is 14.6 Å². The zero-order chi connectivity index (χ0) is 11.4. The minimum absolute atomic E-state index is 0.0718. The van der Waals surface area contributed by atoms with Crippen LogP contribution in [0.2, 0.25) is 0 Å². The summed E-state index contributed by atoms with van der Waals surface area (Å²) in [6.07, 6.45) is 3.78. The molecule has 0 spiro atoms. The molecule has 0 aliphatic heterocycles. The summed E-state index contributed by atoms with van der Waals surface area (Å²) < 4.78 is 1.86. The highest BCUT2D eigenvalue weighted by atomic mass is 79.9. The molecular formula is C10H13Br2N3. The third-order valence-electron chi connectivity index (χ3n) is 1.81. The van der Waals surface area contributed by atoms with E-state index in [1.165, 1.54) is 5.57 Å². The summed E-state index contributed by atoms with van der Waals surface area (Å²) in [6, 6.07) is 1.88. The topological polar surface area (TPSA) is 50.9 Å². The molecule has 0 radical (unpaired) electrons. The third-order valence-corrected chi connectivity index (χ3v) is 2.88. The molecule has 1 unspecified atom stereocenters. The summed E-state index contributed by atoms with van der Waals surface area (Å²) in [5.74, 6) is 5.49. The molecule has 0 amide bonds. The molecule has 0 saturated heterocycles. The van der Waals surface area contributed by atoms with Crippen molar-refractivity contribution in [3.63, 3.8) is 0 Å². The molecule has 1 aromatic heterocycles. The smallest absolute Gasteiger partial charge is 0.0826 e. The van der Waals surface area contributed by atoms with Gasteiger partial charge < -0.3 is 0 Å². The van der Waals surface area contributed by atoms with Crippen LogP contribution in [-0.4, -0.2) is 4.98 Å². The Hall–Kier alpha value is -0.230. The van der Waals surface area contributed by atoms with Gasteiger partial charge in [-0.05, 0) is 51.8 Å². The quantitative estimate of drug-likeness (QED) is 0.507. The molecule has 0 fully saturated rings. The number of aromatic nitrogens is 1. The number of nitrogens with one attached hydrogen (secondary N) is 1.